The van der Waals surface area contributed by atoms with Crippen molar-refractivity contribution in [3.63, 3.8) is 0 Å². The molecule has 0 aliphatic rings. The van der Waals surface area contributed by atoms with Crippen LogP contribution in [0.1, 0.15) is 0 Å². The standard InChI is InChI=1S/C6H5N3OS/c10-6-7-5(8-9-6)4-2-1-3-11-4/h1-3H,(H2,7,8,9,10). The van der Waals surface area contributed by atoms with E-state index in [1.54, 1.807) is 0 Å². The molecule has 11 heavy (non-hydrogen) atoms. The van der Waals surface area contributed by atoms with E-state index in [0.717, 1.165) is 4.88 Å². The van der Waals surface area contributed by atoms with Crippen molar-refractivity contribution in [3.8, 4) is 10.7 Å². The summed E-state index contributed by atoms with van der Waals surface area (Å²) in [5.41, 5.74) is -0.270. The molecule has 0 fully saturated rings. The van der Waals surface area contributed by atoms with Crippen molar-refractivity contribution in [2.45, 2.75) is 0 Å². The highest BCUT2D eigenvalue weighted by Gasteiger charge is 2.00. The van der Waals surface area contributed by atoms with E-state index in [0.29, 0.717) is 5.82 Å². The Morgan fingerprint density at radius 2 is 2.45 bits per heavy atom. The fourth-order valence-corrected chi connectivity index (χ4v) is 1.47. The SMILES string of the molecule is O=c1[nH]nc(-c2cccs2)[nH]1. The van der Waals surface area contributed by atoms with Gasteiger partial charge in [0.1, 0.15) is 0 Å². The summed E-state index contributed by atoms with van der Waals surface area (Å²) in [6.45, 7) is 0. The molecule has 4 nitrogen and oxygen atoms in total. The zero-order valence-electron chi connectivity index (χ0n) is 5.50. The number of aromatic nitrogens is 3. The lowest BCUT2D eigenvalue weighted by Crippen LogP contribution is -2.00. The lowest BCUT2D eigenvalue weighted by molar-refractivity contribution is 1.05. The molecule has 0 bridgehead atoms. The summed E-state index contributed by atoms with van der Waals surface area (Å²) in [5, 5.41) is 8.01. The van der Waals surface area contributed by atoms with Gasteiger partial charge in [-0.05, 0) is 11.4 Å². The first-order valence-corrected chi connectivity index (χ1v) is 3.93. The van der Waals surface area contributed by atoms with E-state index in [1.165, 1.54) is 11.3 Å². The molecule has 2 N–H and O–H groups in total. The topological polar surface area (TPSA) is 61.5 Å². The number of nitrogens with one attached hydrogen (secondary N) is 2. The van der Waals surface area contributed by atoms with Gasteiger partial charge >= 0.3 is 5.69 Å². The van der Waals surface area contributed by atoms with Crippen LogP contribution >= 0.6 is 11.3 Å². The Morgan fingerprint density at radius 3 is 3.00 bits per heavy atom. The third kappa shape index (κ3) is 1.10. The normalized spacial score (nSPS) is 10.2. The van der Waals surface area contributed by atoms with Gasteiger partial charge in [-0.1, -0.05) is 6.07 Å². The number of hydrogen-bond acceptors (Lipinski definition) is 3. The van der Waals surface area contributed by atoms with Gasteiger partial charge in [-0.25, -0.2) is 9.89 Å². The van der Waals surface area contributed by atoms with Crippen LogP contribution in [0.4, 0.5) is 0 Å². The number of rotatable bonds is 1. The van der Waals surface area contributed by atoms with E-state index < -0.39 is 0 Å². The summed E-state index contributed by atoms with van der Waals surface area (Å²) >= 11 is 1.54. The van der Waals surface area contributed by atoms with Gasteiger partial charge in [0, 0.05) is 0 Å². The van der Waals surface area contributed by atoms with Crippen molar-refractivity contribution in [1.29, 1.82) is 0 Å². The van der Waals surface area contributed by atoms with Gasteiger partial charge in [0.25, 0.3) is 0 Å². The van der Waals surface area contributed by atoms with Crippen LogP contribution in [0.15, 0.2) is 22.3 Å². The van der Waals surface area contributed by atoms with Crippen LogP contribution in [0.3, 0.4) is 0 Å². The van der Waals surface area contributed by atoms with Crippen molar-refractivity contribution in [1.82, 2.24) is 15.2 Å². The molecule has 5 heteroatoms. The summed E-state index contributed by atoms with van der Waals surface area (Å²) in [6.07, 6.45) is 0. The van der Waals surface area contributed by atoms with Crippen molar-refractivity contribution >= 4 is 11.3 Å². The maximum Gasteiger partial charge on any atom is 0.340 e. The predicted molar refractivity (Wildman–Crippen MR) is 42.5 cm³/mol. The van der Waals surface area contributed by atoms with Crippen LogP contribution in [0.5, 0.6) is 0 Å². The zero-order chi connectivity index (χ0) is 7.68. The number of hydrogen-bond donors (Lipinski definition) is 2. The average molecular weight is 167 g/mol. The minimum atomic E-state index is -0.270. The van der Waals surface area contributed by atoms with E-state index in [2.05, 4.69) is 15.2 Å². The van der Waals surface area contributed by atoms with Crippen molar-refractivity contribution in [2.24, 2.45) is 0 Å². The second-order valence-electron chi connectivity index (χ2n) is 2.00. The molecule has 2 aromatic heterocycles. The van der Waals surface area contributed by atoms with Gasteiger partial charge in [-0.2, -0.15) is 5.10 Å². The van der Waals surface area contributed by atoms with Gasteiger partial charge < -0.3 is 0 Å². The van der Waals surface area contributed by atoms with Crippen molar-refractivity contribution < 1.29 is 0 Å². The summed E-state index contributed by atoms with van der Waals surface area (Å²) in [4.78, 5) is 14.1. The van der Waals surface area contributed by atoms with E-state index >= 15 is 0 Å². The number of H-pyrrole nitrogens is 2. The maximum atomic E-state index is 10.6. The largest absolute Gasteiger partial charge is 0.340 e. The van der Waals surface area contributed by atoms with E-state index in [9.17, 15) is 4.79 Å². The molecule has 0 aliphatic heterocycles. The molecule has 0 aromatic carbocycles. The maximum absolute atomic E-state index is 10.6. The second kappa shape index (κ2) is 2.35. The first-order chi connectivity index (χ1) is 5.36. The van der Waals surface area contributed by atoms with E-state index in [4.69, 9.17) is 0 Å². The van der Waals surface area contributed by atoms with Gasteiger partial charge in [0.15, 0.2) is 5.82 Å². The molecular weight excluding hydrogens is 162 g/mol. The van der Waals surface area contributed by atoms with E-state index in [1.807, 2.05) is 17.5 Å². The highest BCUT2D eigenvalue weighted by molar-refractivity contribution is 7.13. The Bertz CT molecular complexity index is 386. The van der Waals surface area contributed by atoms with Crippen LogP contribution < -0.4 is 5.69 Å². The fourth-order valence-electron chi connectivity index (χ4n) is 0.800. The highest BCUT2D eigenvalue weighted by atomic mass is 32.1. The van der Waals surface area contributed by atoms with Crippen molar-refractivity contribution in [3.05, 3.63) is 28.0 Å². The monoisotopic (exact) mass is 167 g/mol. The number of aromatic amines is 2. The molecule has 2 rings (SSSR count). The smallest absolute Gasteiger partial charge is 0.288 e. The minimum absolute atomic E-state index is 0.270. The van der Waals surface area contributed by atoms with Crippen LogP contribution in [0.2, 0.25) is 0 Å². The first kappa shape index (κ1) is 6.36. The molecule has 2 heterocycles. The fraction of sp³-hybridized carbons (Fsp3) is 0. The summed E-state index contributed by atoms with van der Waals surface area (Å²) in [6, 6.07) is 3.81. The molecule has 0 saturated carbocycles. The summed E-state index contributed by atoms with van der Waals surface area (Å²) < 4.78 is 0. The Hall–Kier alpha value is -1.36. The highest BCUT2D eigenvalue weighted by Crippen LogP contribution is 2.18. The third-order valence-electron chi connectivity index (χ3n) is 1.26. The first-order valence-electron chi connectivity index (χ1n) is 3.05. The molecule has 0 unspecified atom stereocenters. The zero-order valence-corrected chi connectivity index (χ0v) is 6.31. The minimum Gasteiger partial charge on any atom is -0.288 e. The molecule has 0 saturated heterocycles. The lowest BCUT2D eigenvalue weighted by atomic mass is 10.4. The Kier molecular flexibility index (Phi) is 1.36. The van der Waals surface area contributed by atoms with Gasteiger partial charge in [0.05, 0.1) is 4.88 Å². The quantitative estimate of drug-likeness (QED) is 0.660. The Labute approximate surface area is 65.9 Å². The number of thiophene rings is 1. The molecule has 0 spiro atoms. The van der Waals surface area contributed by atoms with Crippen LogP contribution in [-0.4, -0.2) is 15.2 Å². The molecule has 0 atom stereocenters. The predicted octanol–water partition coefficient (Wildman–Crippen LogP) is 0.826. The molecule has 0 radical (unpaired) electrons. The molecule has 2 aromatic rings. The lowest BCUT2D eigenvalue weighted by Gasteiger charge is -1.83. The molecule has 0 aliphatic carbocycles. The van der Waals surface area contributed by atoms with E-state index in [-0.39, 0.29) is 5.69 Å². The second-order valence-corrected chi connectivity index (χ2v) is 2.95. The Morgan fingerprint density at radius 1 is 1.55 bits per heavy atom. The van der Waals surface area contributed by atoms with Crippen LogP contribution in [0, 0.1) is 0 Å². The van der Waals surface area contributed by atoms with Crippen molar-refractivity contribution in [2.75, 3.05) is 0 Å². The number of nitrogens with zero attached hydrogens (tertiary/aromatic N) is 1. The summed E-state index contributed by atoms with van der Waals surface area (Å²) in [7, 11) is 0. The van der Waals surface area contributed by atoms with Gasteiger partial charge in [-0.3, -0.25) is 4.98 Å². The Balaban J connectivity index is 2.53. The van der Waals surface area contributed by atoms with Gasteiger partial charge in [0.2, 0.25) is 0 Å². The summed E-state index contributed by atoms with van der Waals surface area (Å²) in [5.74, 6) is 0.602. The average Bonchev–Trinajstić information content (AvgIpc) is 2.55. The van der Waals surface area contributed by atoms with Crippen LogP contribution in [0.25, 0.3) is 10.7 Å². The molecular formula is C6H5N3OS. The molecule has 56 valence electrons. The third-order valence-corrected chi connectivity index (χ3v) is 2.13. The van der Waals surface area contributed by atoms with Gasteiger partial charge in [-0.15, -0.1) is 11.3 Å². The van der Waals surface area contributed by atoms with Crippen LogP contribution in [-0.2, 0) is 0 Å². The molecule has 0 amide bonds.